The van der Waals surface area contributed by atoms with E-state index in [0.717, 1.165) is 53.6 Å². The normalized spacial score (nSPS) is 19.7. The number of hydrogen-bond donors (Lipinski definition) is 3. The molecule has 0 aliphatic heterocycles. The van der Waals surface area contributed by atoms with E-state index in [2.05, 4.69) is 31.7 Å². The SMILES string of the molecule is COC[C@H](C)Nc1ncc2c(-c3cnn(Cc4cn[nH]c4)c3)cc([C@H]3CC[C@H](O)CC3)n2n1. The molecule has 4 aromatic heterocycles. The quantitative estimate of drug-likeness (QED) is 0.378. The van der Waals surface area contributed by atoms with E-state index in [1.54, 1.807) is 13.3 Å². The summed E-state index contributed by atoms with van der Waals surface area (Å²) < 4.78 is 9.15. The fraction of sp³-hybridized carbons (Fsp3) is 0.478. The Labute approximate surface area is 192 Å². The van der Waals surface area contributed by atoms with Crippen LogP contribution in [0.1, 0.15) is 49.8 Å². The number of aromatic amines is 1. The lowest BCUT2D eigenvalue weighted by molar-refractivity contribution is 0.121. The maximum Gasteiger partial charge on any atom is 0.241 e. The number of hydrogen-bond acceptors (Lipinski definition) is 7. The van der Waals surface area contributed by atoms with Crippen molar-refractivity contribution in [3.63, 3.8) is 0 Å². The summed E-state index contributed by atoms with van der Waals surface area (Å²) in [6.07, 6.45) is 12.8. The van der Waals surface area contributed by atoms with Gasteiger partial charge in [0, 0.05) is 53.8 Å². The Bertz CT molecular complexity index is 1190. The van der Waals surface area contributed by atoms with Gasteiger partial charge in [-0.3, -0.25) is 9.78 Å². The van der Waals surface area contributed by atoms with Gasteiger partial charge in [-0.1, -0.05) is 0 Å². The Morgan fingerprint density at radius 1 is 1.24 bits per heavy atom. The average molecular weight is 451 g/mol. The van der Waals surface area contributed by atoms with Gasteiger partial charge in [0.15, 0.2) is 0 Å². The van der Waals surface area contributed by atoms with Crippen molar-refractivity contribution in [2.24, 2.45) is 0 Å². The highest BCUT2D eigenvalue weighted by molar-refractivity contribution is 5.81. The molecule has 1 aliphatic rings. The molecule has 1 aliphatic carbocycles. The molecule has 0 bridgehead atoms. The van der Waals surface area contributed by atoms with E-state index in [-0.39, 0.29) is 12.1 Å². The van der Waals surface area contributed by atoms with Gasteiger partial charge in [-0.15, -0.1) is 5.10 Å². The Morgan fingerprint density at radius 3 is 2.85 bits per heavy atom. The first-order chi connectivity index (χ1) is 16.1. The van der Waals surface area contributed by atoms with Gasteiger partial charge in [-0.05, 0) is 38.7 Å². The van der Waals surface area contributed by atoms with E-state index < -0.39 is 0 Å². The molecule has 1 atom stereocenters. The van der Waals surface area contributed by atoms with Crippen molar-refractivity contribution in [2.75, 3.05) is 19.0 Å². The summed E-state index contributed by atoms with van der Waals surface area (Å²) in [5, 5.41) is 29.6. The molecule has 0 aromatic carbocycles. The smallest absolute Gasteiger partial charge is 0.241 e. The van der Waals surface area contributed by atoms with Gasteiger partial charge in [-0.2, -0.15) is 10.2 Å². The zero-order valence-electron chi connectivity index (χ0n) is 19.0. The summed E-state index contributed by atoms with van der Waals surface area (Å²) in [5.41, 5.74) is 5.25. The summed E-state index contributed by atoms with van der Waals surface area (Å²) in [6.45, 7) is 3.26. The largest absolute Gasteiger partial charge is 0.393 e. The Morgan fingerprint density at radius 2 is 2.09 bits per heavy atom. The molecular weight excluding hydrogens is 420 g/mol. The highest BCUT2D eigenvalue weighted by Gasteiger charge is 2.26. The van der Waals surface area contributed by atoms with Crippen LogP contribution in [-0.2, 0) is 11.3 Å². The number of rotatable bonds is 8. The van der Waals surface area contributed by atoms with Gasteiger partial charge in [-0.25, -0.2) is 9.50 Å². The number of anilines is 1. The fourth-order valence-electron chi connectivity index (χ4n) is 4.63. The van der Waals surface area contributed by atoms with Crippen LogP contribution in [0.15, 0.2) is 37.1 Å². The van der Waals surface area contributed by atoms with Crippen LogP contribution >= 0.6 is 0 Å². The van der Waals surface area contributed by atoms with Gasteiger partial charge in [0.05, 0.1) is 43.4 Å². The Kier molecular flexibility index (Phi) is 6.10. The molecule has 0 saturated heterocycles. The van der Waals surface area contributed by atoms with Crippen LogP contribution in [0.5, 0.6) is 0 Å². The van der Waals surface area contributed by atoms with E-state index in [9.17, 15) is 5.11 Å². The van der Waals surface area contributed by atoms with Crippen LogP contribution in [0.2, 0.25) is 0 Å². The van der Waals surface area contributed by atoms with Crippen LogP contribution < -0.4 is 5.32 Å². The molecule has 0 amide bonds. The first-order valence-electron chi connectivity index (χ1n) is 11.4. The lowest BCUT2D eigenvalue weighted by Crippen LogP contribution is -2.23. The zero-order chi connectivity index (χ0) is 22.8. The molecule has 33 heavy (non-hydrogen) atoms. The summed E-state index contributed by atoms with van der Waals surface area (Å²) >= 11 is 0. The van der Waals surface area contributed by atoms with Crippen LogP contribution in [0.25, 0.3) is 16.6 Å². The standard InChI is InChI=1S/C23H30N8O2/c1-15(14-33-2)28-23-24-11-22-20(18-10-27-30(13-18)12-16-8-25-26-9-16)7-21(31(22)29-23)17-3-5-19(32)6-4-17/h7-11,13,15,17,19,32H,3-6,12,14H2,1-2H3,(H,25,26)(H,28,29)/t15-,17-,19-/m0/s1. The molecule has 4 aromatic rings. The van der Waals surface area contributed by atoms with Crippen LogP contribution in [0.4, 0.5) is 5.95 Å². The Balaban J connectivity index is 1.51. The minimum Gasteiger partial charge on any atom is -0.393 e. The first-order valence-corrected chi connectivity index (χ1v) is 11.4. The molecule has 1 fully saturated rings. The number of H-pyrrole nitrogens is 1. The minimum atomic E-state index is -0.199. The van der Waals surface area contributed by atoms with Crippen molar-refractivity contribution in [1.82, 2.24) is 34.6 Å². The zero-order valence-corrected chi connectivity index (χ0v) is 19.0. The highest BCUT2D eigenvalue weighted by Crippen LogP contribution is 2.37. The van der Waals surface area contributed by atoms with E-state index >= 15 is 0 Å². The number of nitrogens with one attached hydrogen (secondary N) is 2. The van der Waals surface area contributed by atoms with Crippen molar-refractivity contribution in [3.05, 3.63) is 48.3 Å². The van der Waals surface area contributed by atoms with E-state index in [1.807, 2.05) is 40.9 Å². The number of ether oxygens (including phenoxy) is 1. The summed E-state index contributed by atoms with van der Waals surface area (Å²) in [5.74, 6) is 0.914. The molecule has 5 rings (SSSR count). The second kappa shape index (κ2) is 9.32. The number of fused-ring (bicyclic) bond motifs is 1. The molecule has 10 nitrogen and oxygen atoms in total. The fourth-order valence-corrected chi connectivity index (χ4v) is 4.63. The maximum absolute atomic E-state index is 10.0. The molecule has 174 valence electrons. The number of aliphatic hydroxyl groups is 1. The van der Waals surface area contributed by atoms with Crippen molar-refractivity contribution < 1.29 is 9.84 Å². The lowest BCUT2D eigenvalue weighted by Gasteiger charge is -2.25. The molecule has 0 unspecified atom stereocenters. The van der Waals surface area contributed by atoms with Gasteiger partial charge < -0.3 is 15.2 Å². The molecule has 3 N–H and O–H groups in total. The molecule has 1 saturated carbocycles. The monoisotopic (exact) mass is 450 g/mol. The number of nitrogens with zero attached hydrogens (tertiary/aromatic N) is 6. The number of methoxy groups -OCH3 is 1. The third kappa shape index (κ3) is 4.62. The van der Waals surface area contributed by atoms with Crippen molar-refractivity contribution in [1.29, 1.82) is 0 Å². The van der Waals surface area contributed by atoms with Crippen molar-refractivity contribution >= 4 is 11.5 Å². The van der Waals surface area contributed by atoms with Crippen LogP contribution in [0.3, 0.4) is 0 Å². The second-order valence-electron chi connectivity index (χ2n) is 8.90. The maximum atomic E-state index is 10.0. The topological polar surface area (TPSA) is 118 Å². The summed E-state index contributed by atoms with van der Waals surface area (Å²) in [4.78, 5) is 4.58. The van der Waals surface area contributed by atoms with Crippen molar-refractivity contribution in [2.45, 2.75) is 57.2 Å². The predicted molar refractivity (Wildman–Crippen MR) is 124 cm³/mol. The molecule has 4 heterocycles. The van der Waals surface area contributed by atoms with Crippen LogP contribution in [0, 0.1) is 0 Å². The van der Waals surface area contributed by atoms with E-state index in [0.29, 0.717) is 25.0 Å². The summed E-state index contributed by atoms with van der Waals surface area (Å²) in [7, 11) is 1.68. The minimum absolute atomic E-state index is 0.0944. The highest BCUT2D eigenvalue weighted by atomic mass is 16.5. The molecule has 10 heteroatoms. The van der Waals surface area contributed by atoms with Gasteiger partial charge in [0.1, 0.15) is 0 Å². The van der Waals surface area contributed by atoms with Crippen molar-refractivity contribution in [3.8, 4) is 11.1 Å². The number of aliphatic hydroxyl groups excluding tert-OH is 1. The van der Waals surface area contributed by atoms with Gasteiger partial charge >= 0.3 is 0 Å². The van der Waals surface area contributed by atoms with Gasteiger partial charge in [0.25, 0.3) is 0 Å². The molecule has 0 radical (unpaired) electrons. The lowest BCUT2D eigenvalue weighted by atomic mass is 9.85. The second-order valence-corrected chi connectivity index (χ2v) is 8.90. The summed E-state index contributed by atoms with van der Waals surface area (Å²) in [6, 6.07) is 2.31. The van der Waals surface area contributed by atoms with Crippen LogP contribution in [-0.4, -0.2) is 65.5 Å². The molecular formula is C23H30N8O2. The third-order valence-electron chi connectivity index (χ3n) is 6.30. The van der Waals surface area contributed by atoms with E-state index in [1.165, 1.54) is 0 Å². The predicted octanol–water partition coefficient (Wildman–Crippen LogP) is 2.83. The number of aromatic nitrogens is 7. The molecule has 0 spiro atoms. The van der Waals surface area contributed by atoms with Gasteiger partial charge in [0.2, 0.25) is 5.95 Å². The first kappa shape index (κ1) is 21.6. The third-order valence-corrected chi connectivity index (χ3v) is 6.30. The average Bonchev–Trinajstić information content (AvgIpc) is 3.55. The Hall–Kier alpha value is -3.24. The van der Waals surface area contributed by atoms with E-state index in [4.69, 9.17) is 9.84 Å².